The van der Waals surface area contributed by atoms with Crippen LogP contribution in [0.15, 0.2) is 54.2 Å². The van der Waals surface area contributed by atoms with E-state index in [2.05, 4.69) is 0 Å². The highest BCUT2D eigenvalue weighted by Crippen LogP contribution is 2.38. The van der Waals surface area contributed by atoms with Gasteiger partial charge in [0.25, 0.3) is 17.5 Å². The molecule has 29 heavy (non-hydrogen) atoms. The number of hydrogen-bond donors (Lipinski definition) is 0. The number of rotatable bonds is 5. The third-order valence-corrected chi connectivity index (χ3v) is 5.34. The summed E-state index contributed by atoms with van der Waals surface area (Å²) in [6.45, 7) is 2.90. The monoisotopic (exact) mass is 391 g/mol. The Balaban J connectivity index is 1.87. The van der Waals surface area contributed by atoms with Gasteiger partial charge < -0.3 is 4.90 Å². The molecular formula is C22H21N3O4. The van der Waals surface area contributed by atoms with Crippen molar-refractivity contribution >= 4 is 28.8 Å². The van der Waals surface area contributed by atoms with E-state index in [4.69, 9.17) is 0 Å². The third-order valence-electron chi connectivity index (χ3n) is 5.34. The van der Waals surface area contributed by atoms with Crippen molar-refractivity contribution in [3.8, 4) is 0 Å². The second-order valence-electron chi connectivity index (χ2n) is 7.17. The molecule has 0 atom stereocenters. The average Bonchev–Trinajstić information content (AvgIpc) is 2.98. The van der Waals surface area contributed by atoms with Gasteiger partial charge in [0.05, 0.1) is 10.5 Å². The number of fused-ring (bicyclic) bond motifs is 1. The standard InChI is InChI=1S/C22H21N3O4/c1-2-13-24-21(26)19(16-9-11-17(12-10-16)25(28)29)20(22(24)27)23-14-5-7-15-6-3-4-8-18(15)23/h3-4,6,8-12H,2,5,7,13-14H2,1H3. The van der Waals surface area contributed by atoms with Crippen LogP contribution in [0.5, 0.6) is 0 Å². The number of anilines is 1. The first-order chi connectivity index (χ1) is 14.0. The van der Waals surface area contributed by atoms with Crippen molar-refractivity contribution in [3.63, 3.8) is 0 Å². The van der Waals surface area contributed by atoms with E-state index in [0.717, 1.165) is 24.1 Å². The summed E-state index contributed by atoms with van der Waals surface area (Å²) in [5.41, 5.74) is 3.22. The van der Waals surface area contributed by atoms with E-state index in [1.54, 1.807) is 12.1 Å². The van der Waals surface area contributed by atoms with Gasteiger partial charge in [0.2, 0.25) is 0 Å². The van der Waals surface area contributed by atoms with Gasteiger partial charge in [-0.3, -0.25) is 24.6 Å². The minimum absolute atomic E-state index is 0.0543. The van der Waals surface area contributed by atoms with Crippen LogP contribution in [0, 0.1) is 10.1 Å². The Kier molecular flexibility index (Phi) is 4.88. The van der Waals surface area contributed by atoms with E-state index >= 15 is 0 Å². The van der Waals surface area contributed by atoms with E-state index in [-0.39, 0.29) is 17.5 Å². The molecule has 0 spiro atoms. The predicted octanol–water partition coefficient (Wildman–Crippen LogP) is 3.54. The summed E-state index contributed by atoms with van der Waals surface area (Å²) >= 11 is 0. The molecule has 0 unspecified atom stereocenters. The van der Waals surface area contributed by atoms with E-state index < -0.39 is 4.92 Å². The van der Waals surface area contributed by atoms with Crippen LogP contribution in [0.3, 0.4) is 0 Å². The van der Waals surface area contributed by atoms with Crippen molar-refractivity contribution in [2.24, 2.45) is 0 Å². The van der Waals surface area contributed by atoms with E-state index in [0.29, 0.717) is 36.3 Å². The van der Waals surface area contributed by atoms with Crippen molar-refractivity contribution in [1.82, 2.24) is 4.90 Å². The average molecular weight is 391 g/mol. The zero-order valence-corrected chi connectivity index (χ0v) is 16.1. The van der Waals surface area contributed by atoms with Gasteiger partial charge in [-0.15, -0.1) is 0 Å². The molecule has 0 fully saturated rings. The van der Waals surface area contributed by atoms with Crippen LogP contribution in [0.1, 0.15) is 30.9 Å². The van der Waals surface area contributed by atoms with Crippen molar-refractivity contribution < 1.29 is 14.5 Å². The molecule has 7 nitrogen and oxygen atoms in total. The first kappa shape index (κ1) is 18.9. The van der Waals surface area contributed by atoms with Crippen LogP contribution < -0.4 is 4.90 Å². The van der Waals surface area contributed by atoms with Crippen LogP contribution in [-0.2, 0) is 16.0 Å². The summed E-state index contributed by atoms with van der Waals surface area (Å²) in [6.07, 6.45) is 2.46. The van der Waals surface area contributed by atoms with Crippen molar-refractivity contribution in [2.75, 3.05) is 18.0 Å². The number of benzene rings is 2. The summed E-state index contributed by atoms with van der Waals surface area (Å²) in [5, 5.41) is 11.0. The van der Waals surface area contributed by atoms with E-state index in [1.165, 1.54) is 17.0 Å². The van der Waals surface area contributed by atoms with E-state index in [9.17, 15) is 19.7 Å². The first-order valence-corrected chi connectivity index (χ1v) is 9.73. The molecular weight excluding hydrogens is 370 g/mol. The Labute approximate surface area is 168 Å². The van der Waals surface area contributed by atoms with E-state index in [1.807, 2.05) is 36.1 Å². The minimum Gasteiger partial charge on any atom is -0.336 e. The normalized spacial score (nSPS) is 16.4. The number of nitro groups is 1. The number of carbonyl (C=O) groups is 2. The van der Waals surface area contributed by atoms with Crippen molar-refractivity contribution in [2.45, 2.75) is 26.2 Å². The molecule has 0 radical (unpaired) electrons. The summed E-state index contributed by atoms with van der Waals surface area (Å²) < 4.78 is 0. The summed E-state index contributed by atoms with van der Waals surface area (Å²) in [4.78, 5) is 40.2. The number of nitrogens with zero attached hydrogens (tertiary/aromatic N) is 3. The second-order valence-corrected chi connectivity index (χ2v) is 7.17. The van der Waals surface area contributed by atoms with Gasteiger partial charge in [0.15, 0.2) is 0 Å². The molecule has 0 aliphatic carbocycles. The fourth-order valence-electron chi connectivity index (χ4n) is 4.02. The molecule has 7 heteroatoms. The number of non-ortho nitro benzene ring substituents is 1. The maximum atomic E-state index is 13.3. The zero-order chi connectivity index (χ0) is 20.5. The molecule has 0 N–H and O–H groups in total. The molecule has 0 bridgehead atoms. The number of carbonyl (C=O) groups excluding carboxylic acids is 2. The molecule has 2 amide bonds. The topological polar surface area (TPSA) is 83.8 Å². The first-order valence-electron chi connectivity index (χ1n) is 9.73. The van der Waals surface area contributed by atoms with Gasteiger partial charge in [-0.2, -0.15) is 0 Å². The molecule has 2 aliphatic heterocycles. The smallest absolute Gasteiger partial charge is 0.278 e. The molecule has 0 saturated heterocycles. The largest absolute Gasteiger partial charge is 0.336 e. The lowest BCUT2D eigenvalue weighted by Gasteiger charge is -2.32. The Hall–Kier alpha value is -3.48. The lowest BCUT2D eigenvalue weighted by Crippen LogP contribution is -2.37. The lowest BCUT2D eigenvalue weighted by molar-refractivity contribution is -0.384. The van der Waals surface area contributed by atoms with Crippen LogP contribution in [-0.4, -0.2) is 34.7 Å². The number of amides is 2. The predicted molar refractivity (Wildman–Crippen MR) is 109 cm³/mol. The van der Waals surface area contributed by atoms with Gasteiger partial charge in [-0.25, -0.2) is 0 Å². The highest BCUT2D eigenvalue weighted by atomic mass is 16.6. The molecule has 0 aromatic heterocycles. The fraction of sp³-hybridized carbons (Fsp3) is 0.273. The Morgan fingerprint density at radius 1 is 1.03 bits per heavy atom. The van der Waals surface area contributed by atoms with Gasteiger partial charge in [-0.1, -0.05) is 25.1 Å². The zero-order valence-electron chi connectivity index (χ0n) is 16.1. The third kappa shape index (κ3) is 3.18. The highest BCUT2D eigenvalue weighted by molar-refractivity contribution is 6.36. The van der Waals surface area contributed by atoms with Crippen LogP contribution in [0.2, 0.25) is 0 Å². The Morgan fingerprint density at radius 3 is 2.45 bits per heavy atom. The quantitative estimate of drug-likeness (QED) is 0.442. The van der Waals surface area contributed by atoms with Crippen LogP contribution in [0.25, 0.3) is 5.57 Å². The molecule has 148 valence electrons. The SMILES string of the molecule is CCCN1C(=O)C(c2ccc([N+](=O)[O-])cc2)=C(N2CCCc3ccccc32)C1=O. The van der Waals surface area contributed by atoms with Gasteiger partial charge in [0.1, 0.15) is 5.70 Å². The minimum atomic E-state index is -0.481. The lowest BCUT2D eigenvalue weighted by atomic mass is 9.98. The van der Waals surface area contributed by atoms with Gasteiger partial charge >= 0.3 is 0 Å². The second kappa shape index (κ2) is 7.50. The summed E-state index contributed by atoms with van der Waals surface area (Å²) in [5.74, 6) is -0.648. The molecule has 0 saturated carbocycles. The molecule has 2 heterocycles. The highest BCUT2D eigenvalue weighted by Gasteiger charge is 2.42. The maximum Gasteiger partial charge on any atom is 0.278 e. The maximum absolute atomic E-state index is 13.3. The number of nitro benzene ring substituents is 1. The number of hydrogen-bond acceptors (Lipinski definition) is 5. The van der Waals surface area contributed by atoms with Gasteiger partial charge in [0, 0.05) is 30.9 Å². The molecule has 2 aliphatic rings. The van der Waals surface area contributed by atoms with Crippen LogP contribution in [0.4, 0.5) is 11.4 Å². The summed E-state index contributed by atoms with van der Waals surface area (Å²) in [7, 11) is 0. The van der Waals surface area contributed by atoms with Crippen molar-refractivity contribution in [3.05, 3.63) is 75.5 Å². The number of para-hydroxylation sites is 1. The molecule has 2 aromatic carbocycles. The fourth-order valence-corrected chi connectivity index (χ4v) is 4.02. The molecule has 4 rings (SSSR count). The van der Waals surface area contributed by atoms with Gasteiger partial charge in [-0.05, 0) is 48.6 Å². The van der Waals surface area contributed by atoms with Crippen LogP contribution >= 0.6 is 0 Å². The Bertz CT molecular complexity index is 1030. The van der Waals surface area contributed by atoms with Crippen molar-refractivity contribution in [1.29, 1.82) is 0 Å². The number of imide groups is 1. The summed E-state index contributed by atoms with van der Waals surface area (Å²) in [6, 6.07) is 13.7. The molecule has 2 aromatic rings. The number of aryl methyl sites for hydroxylation is 1. The Morgan fingerprint density at radius 2 is 1.76 bits per heavy atom.